The number of hydrogen-bond acceptors (Lipinski definition) is 9. The number of rotatable bonds is 13. The van der Waals surface area contributed by atoms with Crippen LogP contribution in [0.15, 0.2) is 94.6 Å². The van der Waals surface area contributed by atoms with Crippen molar-refractivity contribution >= 4 is 0 Å². The van der Waals surface area contributed by atoms with Gasteiger partial charge >= 0.3 is 5.69 Å². The van der Waals surface area contributed by atoms with E-state index in [1.165, 1.54) is 17.9 Å². The molecule has 2 N–H and O–H groups in total. The molecule has 4 atom stereocenters. The molecule has 0 spiro atoms. The van der Waals surface area contributed by atoms with Crippen LogP contribution in [0.25, 0.3) is 0 Å². The summed E-state index contributed by atoms with van der Waals surface area (Å²) in [6, 6.07) is 24.9. The highest BCUT2D eigenvalue weighted by Crippen LogP contribution is 2.43. The second-order valence-electron chi connectivity index (χ2n) is 10.7. The van der Waals surface area contributed by atoms with E-state index in [4.69, 9.17) is 28.4 Å². The number of nitrogens with one attached hydrogen (secondary N) is 1. The van der Waals surface area contributed by atoms with Crippen molar-refractivity contribution in [3.63, 3.8) is 0 Å². The number of aromatic amines is 1. The number of ether oxygens (including phenoxy) is 6. The second kappa shape index (κ2) is 14.2. The normalized spacial score (nSPS) is 19.8. The number of aliphatic hydroxyl groups is 1. The lowest BCUT2D eigenvalue weighted by atomic mass is 9.80. The topological polar surface area (TPSA) is 130 Å². The van der Waals surface area contributed by atoms with E-state index < -0.39 is 41.4 Å². The minimum Gasteiger partial charge on any atom is -0.497 e. The highest BCUT2D eigenvalue weighted by molar-refractivity contribution is 5.49. The molecule has 4 unspecified atom stereocenters. The van der Waals surface area contributed by atoms with Gasteiger partial charge in [0.15, 0.2) is 6.23 Å². The van der Waals surface area contributed by atoms with Crippen molar-refractivity contribution < 1.29 is 33.5 Å². The number of methoxy groups -OCH3 is 3. The predicted octanol–water partition coefficient (Wildman–Crippen LogP) is 3.16. The first-order chi connectivity index (χ1) is 21.8. The molecular weight excluding hydrogens is 580 g/mol. The summed E-state index contributed by atoms with van der Waals surface area (Å²) in [6.07, 6.45) is -2.70. The Morgan fingerprint density at radius 1 is 0.844 bits per heavy atom. The lowest BCUT2D eigenvalue weighted by Gasteiger charge is -2.37. The van der Waals surface area contributed by atoms with Crippen molar-refractivity contribution in [1.82, 2.24) is 9.55 Å². The van der Waals surface area contributed by atoms with Crippen molar-refractivity contribution in [3.8, 4) is 11.5 Å². The van der Waals surface area contributed by atoms with Gasteiger partial charge in [-0.15, -0.1) is 0 Å². The molecule has 4 aromatic rings. The van der Waals surface area contributed by atoms with E-state index in [-0.39, 0.29) is 19.8 Å². The van der Waals surface area contributed by atoms with Gasteiger partial charge in [-0.25, -0.2) is 4.79 Å². The minimum atomic E-state index is -1.19. The fourth-order valence-electron chi connectivity index (χ4n) is 5.58. The van der Waals surface area contributed by atoms with Gasteiger partial charge in [-0.05, 0) is 47.9 Å². The highest BCUT2D eigenvalue weighted by atomic mass is 16.6. The zero-order valence-electron chi connectivity index (χ0n) is 25.7. The highest BCUT2D eigenvalue weighted by Gasteiger charge is 2.48. The van der Waals surface area contributed by atoms with Crippen LogP contribution in [0.3, 0.4) is 0 Å². The minimum absolute atomic E-state index is 0.0914. The standard InChI is InChI=1S/C34H38N2O9/c1-22-20-36(33(39)35-31(22)38)32-30(43-19-18-40-2)29(37)28(45-32)21-44-34(23-8-6-5-7-9-23,24-10-14-26(41-3)15-11-24)25-12-16-27(42-4)17-13-25/h5-17,20,28-30,32,37H,18-19,21H2,1-4H3,(H,35,38,39). The summed E-state index contributed by atoms with van der Waals surface area (Å²) in [5.74, 6) is 1.37. The maximum Gasteiger partial charge on any atom is 0.330 e. The van der Waals surface area contributed by atoms with Crippen LogP contribution < -0.4 is 20.7 Å². The number of H-pyrrole nitrogens is 1. The Morgan fingerprint density at radius 2 is 1.42 bits per heavy atom. The fourth-order valence-corrected chi connectivity index (χ4v) is 5.58. The molecule has 2 heterocycles. The molecule has 1 aromatic heterocycles. The van der Waals surface area contributed by atoms with Gasteiger partial charge in [0, 0.05) is 18.9 Å². The van der Waals surface area contributed by atoms with Gasteiger partial charge in [0.25, 0.3) is 5.56 Å². The van der Waals surface area contributed by atoms with Crippen molar-refractivity contribution in [2.75, 3.05) is 41.2 Å². The summed E-state index contributed by atoms with van der Waals surface area (Å²) in [5.41, 5.74) is 0.430. The van der Waals surface area contributed by atoms with Crippen molar-refractivity contribution in [2.45, 2.75) is 37.1 Å². The molecule has 5 rings (SSSR count). The maximum absolute atomic E-state index is 12.9. The zero-order valence-corrected chi connectivity index (χ0v) is 25.7. The Hall–Kier alpha value is -4.26. The van der Waals surface area contributed by atoms with Crippen LogP contribution in [0.4, 0.5) is 0 Å². The number of benzene rings is 3. The predicted molar refractivity (Wildman–Crippen MR) is 166 cm³/mol. The number of aromatic nitrogens is 2. The average Bonchev–Trinajstić information content (AvgIpc) is 3.38. The first-order valence-electron chi connectivity index (χ1n) is 14.6. The van der Waals surface area contributed by atoms with E-state index in [2.05, 4.69) is 4.98 Å². The van der Waals surface area contributed by atoms with E-state index >= 15 is 0 Å². The van der Waals surface area contributed by atoms with E-state index in [9.17, 15) is 14.7 Å². The lowest BCUT2D eigenvalue weighted by Crippen LogP contribution is -2.41. The number of nitrogens with zero attached hydrogens (tertiary/aromatic N) is 1. The monoisotopic (exact) mass is 618 g/mol. The molecule has 3 aromatic carbocycles. The Labute approximate surface area is 260 Å². The molecule has 238 valence electrons. The molecule has 11 heteroatoms. The Kier molecular flexibility index (Phi) is 10.2. The third kappa shape index (κ3) is 6.58. The van der Waals surface area contributed by atoms with Crippen LogP contribution in [0.1, 0.15) is 28.5 Å². The second-order valence-corrected chi connectivity index (χ2v) is 10.7. The summed E-state index contributed by atoms with van der Waals surface area (Å²) in [6.45, 7) is 1.91. The summed E-state index contributed by atoms with van der Waals surface area (Å²) in [5, 5.41) is 11.5. The summed E-state index contributed by atoms with van der Waals surface area (Å²) in [7, 11) is 4.75. The van der Waals surface area contributed by atoms with E-state index in [1.807, 2.05) is 78.9 Å². The molecule has 0 aliphatic carbocycles. The largest absolute Gasteiger partial charge is 0.497 e. The van der Waals surface area contributed by atoms with Crippen LogP contribution >= 0.6 is 0 Å². The molecule has 1 saturated heterocycles. The molecule has 0 radical (unpaired) electrons. The first-order valence-corrected chi connectivity index (χ1v) is 14.6. The summed E-state index contributed by atoms with van der Waals surface area (Å²) in [4.78, 5) is 27.2. The zero-order chi connectivity index (χ0) is 32.0. The molecule has 11 nitrogen and oxygen atoms in total. The Morgan fingerprint density at radius 3 is 1.98 bits per heavy atom. The first kappa shape index (κ1) is 32.1. The molecule has 0 bridgehead atoms. The fraction of sp³-hybridized carbons (Fsp3) is 0.353. The number of hydrogen-bond donors (Lipinski definition) is 2. The van der Waals surface area contributed by atoms with Gasteiger partial charge in [-0.3, -0.25) is 14.3 Å². The summed E-state index contributed by atoms with van der Waals surface area (Å²) < 4.78 is 36.4. The molecule has 1 aliphatic heterocycles. The van der Waals surface area contributed by atoms with Gasteiger partial charge in [-0.2, -0.15) is 0 Å². The molecule has 1 aliphatic rings. The van der Waals surface area contributed by atoms with Crippen LogP contribution in [0, 0.1) is 6.92 Å². The van der Waals surface area contributed by atoms with Crippen molar-refractivity contribution in [3.05, 3.63) is 128 Å². The van der Waals surface area contributed by atoms with Gasteiger partial charge in [-0.1, -0.05) is 54.6 Å². The quantitative estimate of drug-likeness (QED) is 0.171. The van der Waals surface area contributed by atoms with Crippen molar-refractivity contribution in [2.24, 2.45) is 0 Å². The molecule has 0 saturated carbocycles. The number of aliphatic hydroxyl groups excluding tert-OH is 1. The SMILES string of the molecule is COCCOC1C(O)C(COC(c2ccccc2)(c2ccc(OC)cc2)c2ccc(OC)cc2)OC1n1cc(C)c(=O)[nH]c1=O. The third-order valence-corrected chi connectivity index (χ3v) is 7.97. The van der Waals surface area contributed by atoms with Gasteiger partial charge < -0.3 is 33.5 Å². The summed E-state index contributed by atoms with van der Waals surface area (Å²) >= 11 is 0. The van der Waals surface area contributed by atoms with E-state index in [0.717, 1.165) is 16.7 Å². The Bertz CT molecular complexity index is 1610. The molecule has 1 fully saturated rings. The maximum atomic E-state index is 12.9. The van der Waals surface area contributed by atoms with Crippen molar-refractivity contribution in [1.29, 1.82) is 0 Å². The van der Waals surface area contributed by atoms with Crippen LogP contribution in [-0.4, -0.2) is 74.1 Å². The van der Waals surface area contributed by atoms with Gasteiger partial charge in [0.05, 0.1) is 34.0 Å². The van der Waals surface area contributed by atoms with Gasteiger partial charge in [0.2, 0.25) is 0 Å². The third-order valence-electron chi connectivity index (χ3n) is 7.97. The van der Waals surface area contributed by atoms with Crippen LogP contribution in [-0.2, 0) is 24.5 Å². The van der Waals surface area contributed by atoms with Crippen LogP contribution in [0.5, 0.6) is 11.5 Å². The smallest absolute Gasteiger partial charge is 0.330 e. The molecule has 0 amide bonds. The molecule has 45 heavy (non-hydrogen) atoms. The molecular formula is C34H38N2O9. The van der Waals surface area contributed by atoms with Crippen LogP contribution in [0.2, 0.25) is 0 Å². The lowest BCUT2D eigenvalue weighted by molar-refractivity contribution is -0.0994. The van der Waals surface area contributed by atoms with E-state index in [1.54, 1.807) is 21.1 Å². The van der Waals surface area contributed by atoms with Gasteiger partial charge in [0.1, 0.15) is 35.4 Å². The number of aryl methyl sites for hydroxylation is 1. The average molecular weight is 619 g/mol. The Balaban J connectivity index is 1.56. The van der Waals surface area contributed by atoms with E-state index in [0.29, 0.717) is 17.1 Å².